The molecule has 0 amide bonds. The summed E-state index contributed by atoms with van der Waals surface area (Å²) < 4.78 is 1.86. The standard InChI is InChI=1S/C16H23N5/c1-4-17-16(19-12-15-8-9-20-21(15)3)18-11-14-7-5-6-13(2)10-14/h5-10H,4,11-12H2,1-3H3,(H2,17,18,19). The summed E-state index contributed by atoms with van der Waals surface area (Å²) in [6, 6.07) is 10.4. The van der Waals surface area contributed by atoms with Gasteiger partial charge in [-0.05, 0) is 25.5 Å². The Morgan fingerprint density at radius 1 is 1.29 bits per heavy atom. The lowest BCUT2D eigenvalue weighted by Crippen LogP contribution is -2.37. The van der Waals surface area contributed by atoms with Crippen LogP contribution in [-0.4, -0.2) is 22.3 Å². The Balaban J connectivity index is 1.97. The van der Waals surface area contributed by atoms with Gasteiger partial charge in [-0.1, -0.05) is 29.8 Å². The average molecular weight is 285 g/mol. The first kappa shape index (κ1) is 15.1. The Bertz CT molecular complexity index is 600. The molecule has 2 aromatic rings. The molecule has 2 rings (SSSR count). The molecule has 112 valence electrons. The summed E-state index contributed by atoms with van der Waals surface area (Å²) in [5.74, 6) is 0.820. The fourth-order valence-electron chi connectivity index (χ4n) is 2.07. The Hall–Kier alpha value is -2.30. The molecule has 0 aliphatic heterocycles. The summed E-state index contributed by atoms with van der Waals surface area (Å²) in [6.45, 7) is 6.37. The van der Waals surface area contributed by atoms with Gasteiger partial charge in [-0.2, -0.15) is 5.10 Å². The monoisotopic (exact) mass is 285 g/mol. The van der Waals surface area contributed by atoms with E-state index in [1.807, 2.05) is 17.8 Å². The van der Waals surface area contributed by atoms with Crippen molar-refractivity contribution in [2.75, 3.05) is 6.54 Å². The normalized spacial score (nSPS) is 11.5. The van der Waals surface area contributed by atoms with E-state index in [2.05, 4.69) is 58.8 Å². The number of nitrogens with zero attached hydrogens (tertiary/aromatic N) is 3. The van der Waals surface area contributed by atoms with Crippen LogP contribution in [0.5, 0.6) is 0 Å². The molecule has 0 unspecified atom stereocenters. The molecule has 5 nitrogen and oxygen atoms in total. The van der Waals surface area contributed by atoms with E-state index in [4.69, 9.17) is 0 Å². The molecule has 0 saturated heterocycles. The number of aliphatic imine (C=N–C) groups is 1. The van der Waals surface area contributed by atoms with Crippen molar-refractivity contribution in [3.8, 4) is 0 Å². The number of guanidine groups is 1. The number of hydrogen-bond acceptors (Lipinski definition) is 2. The Kier molecular flexibility index (Phi) is 5.37. The summed E-state index contributed by atoms with van der Waals surface area (Å²) in [4.78, 5) is 4.62. The second-order valence-electron chi connectivity index (χ2n) is 4.98. The third kappa shape index (κ3) is 4.63. The molecule has 0 aliphatic rings. The smallest absolute Gasteiger partial charge is 0.191 e. The molecule has 0 spiro atoms. The van der Waals surface area contributed by atoms with Crippen LogP contribution in [0.1, 0.15) is 23.7 Å². The largest absolute Gasteiger partial charge is 0.357 e. The SMILES string of the molecule is CCNC(=NCc1cccc(C)c1)NCc1ccnn1C. The van der Waals surface area contributed by atoms with Crippen molar-refractivity contribution in [1.82, 2.24) is 20.4 Å². The minimum Gasteiger partial charge on any atom is -0.357 e. The summed E-state index contributed by atoms with van der Waals surface area (Å²) in [5, 5.41) is 10.7. The highest BCUT2D eigenvalue weighted by molar-refractivity contribution is 5.79. The number of hydrogen-bond donors (Lipinski definition) is 2. The minimum atomic E-state index is 0.669. The number of benzene rings is 1. The fourth-order valence-corrected chi connectivity index (χ4v) is 2.07. The van der Waals surface area contributed by atoms with E-state index in [1.165, 1.54) is 11.1 Å². The summed E-state index contributed by atoms with van der Waals surface area (Å²) in [5.41, 5.74) is 3.60. The van der Waals surface area contributed by atoms with Gasteiger partial charge in [0.25, 0.3) is 0 Å². The van der Waals surface area contributed by atoms with Gasteiger partial charge >= 0.3 is 0 Å². The van der Waals surface area contributed by atoms with Gasteiger partial charge in [0.05, 0.1) is 18.8 Å². The van der Waals surface area contributed by atoms with Crippen molar-refractivity contribution in [3.05, 3.63) is 53.3 Å². The molecule has 0 atom stereocenters. The zero-order valence-electron chi connectivity index (χ0n) is 12.9. The first-order valence-corrected chi connectivity index (χ1v) is 7.23. The maximum Gasteiger partial charge on any atom is 0.191 e. The third-order valence-electron chi connectivity index (χ3n) is 3.21. The summed E-state index contributed by atoms with van der Waals surface area (Å²) >= 11 is 0. The molecule has 0 bridgehead atoms. The van der Waals surface area contributed by atoms with Crippen molar-refractivity contribution in [2.45, 2.75) is 26.9 Å². The Morgan fingerprint density at radius 3 is 2.81 bits per heavy atom. The van der Waals surface area contributed by atoms with E-state index < -0.39 is 0 Å². The maximum absolute atomic E-state index is 4.62. The number of aryl methyl sites for hydroxylation is 2. The van der Waals surface area contributed by atoms with Gasteiger partial charge in [0.2, 0.25) is 0 Å². The lowest BCUT2D eigenvalue weighted by molar-refractivity contribution is 0.685. The van der Waals surface area contributed by atoms with Crippen molar-refractivity contribution < 1.29 is 0 Å². The van der Waals surface area contributed by atoms with E-state index in [-0.39, 0.29) is 0 Å². The molecule has 5 heteroatoms. The average Bonchev–Trinajstić information content (AvgIpc) is 2.87. The first-order chi connectivity index (χ1) is 10.2. The topological polar surface area (TPSA) is 54.2 Å². The van der Waals surface area contributed by atoms with Gasteiger partial charge in [0.15, 0.2) is 5.96 Å². The maximum atomic E-state index is 4.62. The summed E-state index contributed by atoms with van der Waals surface area (Å²) in [7, 11) is 1.94. The van der Waals surface area contributed by atoms with Crippen molar-refractivity contribution in [3.63, 3.8) is 0 Å². The molecule has 0 fully saturated rings. The minimum absolute atomic E-state index is 0.669. The van der Waals surface area contributed by atoms with Crippen LogP contribution in [0.2, 0.25) is 0 Å². The number of rotatable bonds is 5. The van der Waals surface area contributed by atoms with Crippen molar-refractivity contribution >= 4 is 5.96 Å². The number of aromatic nitrogens is 2. The van der Waals surface area contributed by atoms with E-state index in [0.717, 1.165) is 18.2 Å². The van der Waals surface area contributed by atoms with Crippen LogP contribution in [0, 0.1) is 6.92 Å². The molecule has 1 aromatic heterocycles. The van der Waals surface area contributed by atoms with Gasteiger partial charge in [-0.15, -0.1) is 0 Å². The first-order valence-electron chi connectivity index (χ1n) is 7.23. The second-order valence-corrected chi connectivity index (χ2v) is 4.98. The van der Waals surface area contributed by atoms with Gasteiger partial charge in [0.1, 0.15) is 0 Å². The van der Waals surface area contributed by atoms with Gasteiger partial charge in [-0.3, -0.25) is 4.68 Å². The molecule has 21 heavy (non-hydrogen) atoms. The van der Waals surface area contributed by atoms with Gasteiger partial charge < -0.3 is 10.6 Å². The van der Waals surface area contributed by atoms with Crippen LogP contribution in [0.25, 0.3) is 0 Å². The van der Waals surface area contributed by atoms with Crippen molar-refractivity contribution in [1.29, 1.82) is 0 Å². The molecule has 0 radical (unpaired) electrons. The second kappa shape index (κ2) is 7.47. The summed E-state index contributed by atoms with van der Waals surface area (Å²) in [6.07, 6.45) is 1.80. The van der Waals surface area contributed by atoms with E-state index in [0.29, 0.717) is 13.1 Å². The molecule has 1 heterocycles. The molecule has 0 aliphatic carbocycles. The fraction of sp³-hybridized carbons (Fsp3) is 0.375. The van der Waals surface area contributed by atoms with E-state index in [1.54, 1.807) is 6.20 Å². The van der Waals surface area contributed by atoms with Gasteiger partial charge in [0, 0.05) is 19.8 Å². The third-order valence-corrected chi connectivity index (χ3v) is 3.21. The predicted molar refractivity (Wildman–Crippen MR) is 86.0 cm³/mol. The molecular formula is C16H23N5. The van der Waals surface area contributed by atoms with Crippen LogP contribution in [-0.2, 0) is 20.1 Å². The molecule has 2 N–H and O–H groups in total. The van der Waals surface area contributed by atoms with Gasteiger partial charge in [-0.25, -0.2) is 4.99 Å². The highest BCUT2D eigenvalue weighted by Gasteiger charge is 2.01. The molecule has 1 aromatic carbocycles. The van der Waals surface area contributed by atoms with E-state index in [9.17, 15) is 0 Å². The lowest BCUT2D eigenvalue weighted by Gasteiger charge is -2.11. The van der Waals surface area contributed by atoms with Crippen molar-refractivity contribution in [2.24, 2.45) is 12.0 Å². The Labute approximate surface area is 126 Å². The van der Waals surface area contributed by atoms with Crippen LogP contribution >= 0.6 is 0 Å². The highest BCUT2D eigenvalue weighted by atomic mass is 15.3. The zero-order valence-corrected chi connectivity index (χ0v) is 12.9. The predicted octanol–water partition coefficient (Wildman–Crippen LogP) is 1.98. The van der Waals surface area contributed by atoms with Crippen LogP contribution in [0.3, 0.4) is 0 Å². The van der Waals surface area contributed by atoms with Crippen LogP contribution in [0.15, 0.2) is 41.5 Å². The number of nitrogens with one attached hydrogen (secondary N) is 2. The quantitative estimate of drug-likeness (QED) is 0.652. The molecule has 0 saturated carbocycles. The molecular weight excluding hydrogens is 262 g/mol. The highest BCUT2D eigenvalue weighted by Crippen LogP contribution is 2.05. The lowest BCUT2D eigenvalue weighted by atomic mass is 10.1. The zero-order chi connectivity index (χ0) is 15.1. The van der Waals surface area contributed by atoms with Crippen LogP contribution < -0.4 is 10.6 Å². The Morgan fingerprint density at radius 2 is 2.14 bits per heavy atom. The van der Waals surface area contributed by atoms with Crippen LogP contribution in [0.4, 0.5) is 0 Å². The van der Waals surface area contributed by atoms with E-state index >= 15 is 0 Å².